The Hall–Kier alpha value is -2.56. The molecule has 0 fully saturated rings. The van der Waals surface area contributed by atoms with Gasteiger partial charge in [-0.05, 0) is 43.3 Å². The summed E-state index contributed by atoms with van der Waals surface area (Å²) < 4.78 is 12.8. The Morgan fingerprint density at radius 2 is 1.74 bits per heavy atom. The second-order valence-corrected chi connectivity index (χ2v) is 3.99. The number of carbonyl (C=O) groups is 2. The first kappa shape index (κ1) is 12.9. The molecule has 1 aromatic carbocycles. The Bertz CT molecular complexity index is 650. The molecule has 0 aliphatic rings. The second-order valence-electron chi connectivity index (χ2n) is 3.99. The Kier molecular flexibility index (Phi) is 3.37. The Labute approximate surface area is 108 Å². The third kappa shape index (κ3) is 2.65. The number of carbonyl (C=O) groups excluding carboxylic acids is 1. The molecule has 0 radical (unpaired) electrons. The van der Waals surface area contributed by atoms with E-state index >= 15 is 0 Å². The van der Waals surface area contributed by atoms with Gasteiger partial charge in [0.2, 0.25) is 0 Å². The predicted molar refractivity (Wildman–Crippen MR) is 65.8 cm³/mol. The van der Waals surface area contributed by atoms with Gasteiger partial charge in [-0.2, -0.15) is 0 Å². The molecule has 1 heterocycles. The van der Waals surface area contributed by atoms with Crippen LogP contribution in [0.1, 0.15) is 32.1 Å². The zero-order chi connectivity index (χ0) is 14.0. The maximum Gasteiger partial charge on any atom is 0.355 e. The minimum atomic E-state index is -1.27. The van der Waals surface area contributed by atoms with Crippen molar-refractivity contribution in [1.29, 1.82) is 0 Å². The van der Waals surface area contributed by atoms with Gasteiger partial charge in [-0.15, -0.1) is 0 Å². The number of hydrogen-bond donors (Lipinski definition) is 1. The van der Waals surface area contributed by atoms with E-state index in [0.29, 0.717) is 5.69 Å². The zero-order valence-electron chi connectivity index (χ0n) is 10.1. The summed E-state index contributed by atoms with van der Waals surface area (Å²) in [6, 6.07) is 7.89. The Morgan fingerprint density at radius 3 is 2.32 bits per heavy atom. The molecule has 1 aromatic heterocycles. The van der Waals surface area contributed by atoms with E-state index in [-0.39, 0.29) is 16.8 Å². The van der Waals surface area contributed by atoms with Crippen LogP contribution in [0.3, 0.4) is 0 Å². The molecule has 2 aromatic rings. The van der Waals surface area contributed by atoms with E-state index in [1.165, 1.54) is 18.2 Å². The lowest BCUT2D eigenvalue weighted by molar-refractivity contribution is 0.0686. The van der Waals surface area contributed by atoms with Crippen molar-refractivity contribution in [2.75, 3.05) is 0 Å². The van der Waals surface area contributed by atoms with Gasteiger partial charge in [-0.3, -0.25) is 4.79 Å². The van der Waals surface area contributed by atoms with Crippen molar-refractivity contribution in [3.63, 3.8) is 0 Å². The highest BCUT2D eigenvalue weighted by atomic mass is 19.1. The molecule has 0 amide bonds. The van der Waals surface area contributed by atoms with Gasteiger partial charge >= 0.3 is 5.97 Å². The molecule has 0 aliphatic carbocycles. The van der Waals surface area contributed by atoms with E-state index in [1.807, 2.05) is 0 Å². The van der Waals surface area contributed by atoms with Gasteiger partial charge in [-0.25, -0.2) is 14.2 Å². The van der Waals surface area contributed by atoms with Crippen LogP contribution in [0.4, 0.5) is 4.39 Å². The number of aromatic carboxylic acids is 1. The molecule has 2 rings (SSSR count). The van der Waals surface area contributed by atoms with Gasteiger partial charge in [0.15, 0.2) is 11.5 Å². The van der Waals surface area contributed by atoms with Crippen LogP contribution in [0.25, 0.3) is 0 Å². The maximum absolute atomic E-state index is 12.8. The third-order valence-corrected chi connectivity index (χ3v) is 2.59. The lowest BCUT2D eigenvalue weighted by Crippen LogP contribution is -2.12. The lowest BCUT2D eigenvalue weighted by atomic mass is 10.0. The summed E-state index contributed by atoms with van der Waals surface area (Å²) in [6.07, 6.45) is 0. The number of pyridine rings is 1. The van der Waals surface area contributed by atoms with Crippen molar-refractivity contribution < 1.29 is 19.1 Å². The minimum absolute atomic E-state index is 0.00953. The fourth-order valence-corrected chi connectivity index (χ4v) is 1.66. The number of aryl methyl sites for hydroxylation is 1. The van der Waals surface area contributed by atoms with Gasteiger partial charge in [0.25, 0.3) is 0 Å². The first-order valence-electron chi connectivity index (χ1n) is 5.50. The number of carboxylic acid groups (broad SMARTS) is 1. The quantitative estimate of drug-likeness (QED) is 0.860. The highest BCUT2D eigenvalue weighted by molar-refractivity contribution is 6.13. The van der Waals surface area contributed by atoms with Crippen LogP contribution in [-0.2, 0) is 0 Å². The number of carboxylic acids is 1. The molecule has 19 heavy (non-hydrogen) atoms. The molecule has 96 valence electrons. The molecule has 0 saturated heterocycles. The number of aromatic nitrogens is 1. The molecule has 0 spiro atoms. The van der Waals surface area contributed by atoms with E-state index in [9.17, 15) is 14.0 Å². The number of hydrogen-bond acceptors (Lipinski definition) is 3. The minimum Gasteiger partial charge on any atom is -0.476 e. The average molecular weight is 259 g/mol. The van der Waals surface area contributed by atoms with Crippen molar-refractivity contribution in [3.05, 3.63) is 64.7 Å². The molecule has 0 bridgehead atoms. The van der Waals surface area contributed by atoms with Crippen LogP contribution in [0.2, 0.25) is 0 Å². The first-order chi connectivity index (χ1) is 8.99. The van der Waals surface area contributed by atoms with Crippen LogP contribution in [0, 0.1) is 12.7 Å². The van der Waals surface area contributed by atoms with Crippen molar-refractivity contribution >= 4 is 11.8 Å². The largest absolute Gasteiger partial charge is 0.476 e. The van der Waals surface area contributed by atoms with Crippen LogP contribution in [0.15, 0.2) is 36.4 Å². The average Bonchev–Trinajstić information content (AvgIpc) is 2.38. The summed E-state index contributed by atoms with van der Waals surface area (Å²) in [7, 11) is 0. The topological polar surface area (TPSA) is 67.3 Å². The van der Waals surface area contributed by atoms with Crippen molar-refractivity contribution in [3.8, 4) is 0 Å². The zero-order valence-corrected chi connectivity index (χ0v) is 10.1. The van der Waals surface area contributed by atoms with Crippen LogP contribution < -0.4 is 0 Å². The number of rotatable bonds is 3. The smallest absolute Gasteiger partial charge is 0.355 e. The summed E-state index contributed by atoms with van der Waals surface area (Å²) in [5, 5.41) is 9.06. The fraction of sp³-hybridized carbons (Fsp3) is 0.0714. The molecule has 0 aliphatic heterocycles. The van der Waals surface area contributed by atoms with Gasteiger partial charge in [0.05, 0.1) is 5.56 Å². The van der Waals surface area contributed by atoms with Crippen LogP contribution in [0.5, 0.6) is 0 Å². The highest BCUT2D eigenvalue weighted by Crippen LogP contribution is 2.14. The third-order valence-electron chi connectivity index (χ3n) is 2.59. The van der Waals surface area contributed by atoms with E-state index in [1.54, 1.807) is 13.0 Å². The van der Waals surface area contributed by atoms with E-state index in [0.717, 1.165) is 12.1 Å². The van der Waals surface area contributed by atoms with Crippen molar-refractivity contribution in [1.82, 2.24) is 4.98 Å². The summed E-state index contributed by atoms with van der Waals surface area (Å²) in [4.78, 5) is 27.1. The van der Waals surface area contributed by atoms with Gasteiger partial charge in [0.1, 0.15) is 5.82 Å². The predicted octanol–water partition coefficient (Wildman–Crippen LogP) is 2.46. The van der Waals surface area contributed by atoms with Crippen molar-refractivity contribution in [2.45, 2.75) is 6.92 Å². The number of nitrogens with zero attached hydrogens (tertiary/aromatic N) is 1. The molecule has 0 unspecified atom stereocenters. The number of benzene rings is 1. The fourth-order valence-electron chi connectivity index (χ4n) is 1.66. The molecule has 1 N–H and O–H groups in total. The standard InChI is InChI=1S/C14H10FNO3/c1-8-2-7-11(12(16-8)14(18)19)13(17)9-3-5-10(15)6-4-9/h2-7H,1H3,(H,18,19). The molecule has 0 atom stereocenters. The second kappa shape index (κ2) is 4.97. The summed E-state index contributed by atoms with van der Waals surface area (Å²) >= 11 is 0. The first-order valence-corrected chi connectivity index (χ1v) is 5.50. The molecular formula is C14H10FNO3. The SMILES string of the molecule is Cc1ccc(C(=O)c2ccc(F)cc2)c(C(=O)O)n1. The monoisotopic (exact) mass is 259 g/mol. The molecular weight excluding hydrogens is 249 g/mol. The van der Waals surface area contributed by atoms with Crippen LogP contribution in [-0.4, -0.2) is 21.8 Å². The van der Waals surface area contributed by atoms with Gasteiger partial charge < -0.3 is 5.11 Å². The number of halogens is 1. The normalized spacial score (nSPS) is 10.2. The highest BCUT2D eigenvalue weighted by Gasteiger charge is 2.19. The summed E-state index contributed by atoms with van der Waals surface area (Å²) in [5.41, 5.74) is 0.418. The number of ketones is 1. The summed E-state index contributed by atoms with van der Waals surface area (Å²) in [5.74, 6) is -2.23. The molecule has 4 nitrogen and oxygen atoms in total. The van der Waals surface area contributed by atoms with E-state index in [4.69, 9.17) is 5.11 Å². The van der Waals surface area contributed by atoms with Crippen LogP contribution >= 0.6 is 0 Å². The lowest BCUT2D eigenvalue weighted by Gasteiger charge is -2.05. The van der Waals surface area contributed by atoms with Gasteiger partial charge in [0, 0.05) is 11.3 Å². The maximum atomic E-state index is 12.8. The molecule has 5 heteroatoms. The summed E-state index contributed by atoms with van der Waals surface area (Å²) in [6.45, 7) is 1.64. The molecule has 0 saturated carbocycles. The van der Waals surface area contributed by atoms with Gasteiger partial charge in [-0.1, -0.05) is 0 Å². The Balaban J connectivity index is 2.49. The van der Waals surface area contributed by atoms with Crippen molar-refractivity contribution in [2.24, 2.45) is 0 Å². The Morgan fingerprint density at radius 1 is 1.11 bits per heavy atom. The van der Waals surface area contributed by atoms with E-state index in [2.05, 4.69) is 4.98 Å². The van der Waals surface area contributed by atoms with E-state index < -0.39 is 17.6 Å².